The van der Waals surface area contributed by atoms with Crippen LogP contribution >= 0.6 is 0 Å². The number of nitrogens with two attached hydrogens (primary N) is 1. The first-order valence-electron chi connectivity index (χ1n) is 11.7. The molecule has 3 heterocycles. The average Bonchev–Trinajstić information content (AvgIpc) is 2.89. The topological polar surface area (TPSA) is 130 Å². The van der Waals surface area contributed by atoms with Crippen LogP contribution in [0.3, 0.4) is 0 Å². The Morgan fingerprint density at radius 2 is 1.83 bits per heavy atom. The standard InChI is InChI=1S/C25H30N6O4/c1-2-22(32)27-19-4-3-11-31(16-19)21-10-9-20(23(26)33)24(29-21)28-18-7-5-17(6-8-18)25(34)30-12-14-35-15-13-30/h2,5-10,19H,1,3-4,11-16H2,(H2,26,33)(H,27,32)(H,28,29)/t19-/m0/s1. The van der Waals surface area contributed by atoms with Crippen molar-refractivity contribution in [2.24, 2.45) is 5.73 Å². The molecule has 0 saturated carbocycles. The molecule has 2 aromatic rings. The number of pyridine rings is 1. The number of amides is 3. The maximum absolute atomic E-state index is 12.7. The summed E-state index contributed by atoms with van der Waals surface area (Å²) in [7, 11) is 0. The van der Waals surface area contributed by atoms with Gasteiger partial charge in [-0.3, -0.25) is 14.4 Å². The van der Waals surface area contributed by atoms with Crippen LogP contribution in [0.4, 0.5) is 17.3 Å². The highest BCUT2D eigenvalue weighted by molar-refractivity contribution is 5.99. The summed E-state index contributed by atoms with van der Waals surface area (Å²) in [6.45, 7) is 7.12. The fourth-order valence-electron chi connectivity index (χ4n) is 4.26. The van der Waals surface area contributed by atoms with Gasteiger partial charge in [-0.15, -0.1) is 0 Å². The number of primary amides is 1. The molecule has 10 heteroatoms. The first kappa shape index (κ1) is 24.2. The number of hydrogen-bond acceptors (Lipinski definition) is 7. The molecule has 0 unspecified atom stereocenters. The van der Waals surface area contributed by atoms with E-state index in [-0.39, 0.29) is 23.4 Å². The average molecular weight is 479 g/mol. The lowest BCUT2D eigenvalue weighted by Crippen LogP contribution is -2.47. The third kappa shape index (κ3) is 5.96. The van der Waals surface area contributed by atoms with Crippen LogP contribution in [0.2, 0.25) is 0 Å². The molecule has 0 aliphatic carbocycles. The van der Waals surface area contributed by atoms with Crippen LogP contribution in [0.5, 0.6) is 0 Å². The zero-order chi connectivity index (χ0) is 24.8. The molecule has 2 aliphatic heterocycles. The van der Waals surface area contributed by atoms with E-state index in [4.69, 9.17) is 10.5 Å². The number of nitrogens with zero attached hydrogens (tertiary/aromatic N) is 3. The number of aromatic nitrogens is 1. The highest BCUT2D eigenvalue weighted by atomic mass is 16.5. The molecule has 35 heavy (non-hydrogen) atoms. The predicted octanol–water partition coefficient (Wildman–Crippen LogP) is 1.67. The zero-order valence-corrected chi connectivity index (χ0v) is 19.5. The fourth-order valence-corrected chi connectivity index (χ4v) is 4.26. The van der Waals surface area contributed by atoms with Crippen molar-refractivity contribution in [2.75, 3.05) is 49.6 Å². The number of rotatable bonds is 7. The second-order valence-corrected chi connectivity index (χ2v) is 8.53. The first-order chi connectivity index (χ1) is 16.9. The van der Waals surface area contributed by atoms with Gasteiger partial charge in [-0.05, 0) is 55.3 Å². The van der Waals surface area contributed by atoms with Crippen LogP contribution in [0.1, 0.15) is 33.6 Å². The quantitative estimate of drug-likeness (QED) is 0.516. The molecule has 0 spiro atoms. The molecule has 0 radical (unpaired) electrons. The minimum atomic E-state index is -0.597. The van der Waals surface area contributed by atoms with Crippen molar-refractivity contribution in [3.05, 3.63) is 60.2 Å². The van der Waals surface area contributed by atoms with Crippen molar-refractivity contribution in [3.8, 4) is 0 Å². The molecule has 2 fully saturated rings. The maximum atomic E-state index is 12.7. The summed E-state index contributed by atoms with van der Waals surface area (Å²) >= 11 is 0. The van der Waals surface area contributed by atoms with Crippen LogP contribution < -0.4 is 21.3 Å². The van der Waals surface area contributed by atoms with Gasteiger partial charge >= 0.3 is 0 Å². The van der Waals surface area contributed by atoms with Crippen molar-refractivity contribution >= 4 is 35.0 Å². The van der Waals surface area contributed by atoms with Crippen LogP contribution in [0.25, 0.3) is 0 Å². The molecule has 2 aliphatic rings. The van der Waals surface area contributed by atoms with E-state index >= 15 is 0 Å². The smallest absolute Gasteiger partial charge is 0.254 e. The number of benzene rings is 1. The van der Waals surface area contributed by atoms with Crippen LogP contribution in [-0.4, -0.2) is 73.0 Å². The summed E-state index contributed by atoms with van der Waals surface area (Å²) in [4.78, 5) is 44.9. The van der Waals surface area contributed by atoms with E-state index in [1.54, 1.807) is 41.3 Å². The molecule has 1 aromatic carbocycles. The molecule has 1 atom stereocenters. The number of anilines is 3. The molecule has 10 nitrogen and oxygen atoms in total. The Morgan fingerprint density at radius 3 is 2.51 bits per heavy atom. The van der Waals surface area contributed by atoms with E-state index in [9.17, 15) is 14.4 Å². The van der Waals surface area contributed by atoms with Crippen LogP contribution in [0.15, 0.2) is 49.1 Å². The van der Waals surface area contributed by atoms with Gasteiger partial charge in [0.25, 0.3) is 11.8 Å². The zero-order valence-electron chi connectivity index (χ0n) is 19.5. The maximum Gasteiger partial charge on any atom is 0.254 e. The summed E-state index contributed by atoms with van der Waals surface area (Å²) < 4.78 is 5.31. The number of carbonyl (C=O) groups excluding carboxylic acids is 3. The van der Waals surface area contributed by atoms with Crippen LogP contribution in [0, 0.1) is 0 Å². The number of morpholine rings is 1. The first-order valence-corrected chi connectivity index (χ1v) is 11.7. The second kappa shape index (κ2) is 11.0. The lowest BCUT2D eigenvalue weighted by atomic mass is 10.1. The summed E-state index contributed by atoms with van der Waals surface area (Å²) in [6, 6.07) is 10.4. The summed E-state index contributed by atoms with van der Waals surface area (Å²) in [5.41, 5.74) is 7.10. The number of carbonyl (C=O) groups is 3. The highest BCUT2D eigenvalue weighted by Gasteiger charge is 2.23. The Bertz CT molecular complexity index is 1100. The second-order valence-electron chi connectivity index (χ2n) is 8.53. The van der Waals surface area contributed by atoms with Crippen molar-refractivity contribution in [2.45, 2.75) is 18.9 Å². The van der Waals surface area contributed by atoms with Crippen molar-refractivity contribution in [1.29, 1.82) is 0 Å². The van der Waals surface area contributed by atoms with Gasteiger partial charge in [0, 0.05) is 43.5 Å². The Labute approximate surface area is 204 Å². The Morgan fingerprint density at radius 1 is 1.09 bits per heavy atom. The fraction of sp³-hybridized carbons (Fsp3) is 0.360. The minimum absolute atomic E-state index is 0.0141. The molecule has 4 rings (SSSR count). The molecule has 1 aromatic heterocycles. The van der Waals surface area contributed by atoms with E-state index in [0.717, 1.165) is 19.4 Å². The highest BCUT2D eigenvalue weighted by Crippen LogP contribution is 2.25. The van der Waals surface area contributed by atoms with Crippen molar-refractivity contribution in [1.82, 2.24) is 15.2 Å². The van der Waals surface area contributed by atoms with Gasteiger partial charge in [0.2, 0.25) is 5.91 Å². The molecule has 2 saturated heterocycles. The van der Waals surface area contributed by atoms with Crippen molar-refractivity contribution in [3.63, 3.8) is 0 Å². The van der Waals surface area contributed by atoms with Gasteiger partial charge in [-0.1, -0.05) is 6.58 Å². The Kier molecular flexibility index (Phi) is 7.61. The van der Waals surface area contributed by atoms with Crippen LogP contribution in [-0.2, 0) is 9.53 Å². The molecule has 0 bridgehead atoms. The van der Waals surface area contributed by atoms with E-state index in [2.05, 4.69) is 27.1 Å². The van der Waals surface area contributed by atoms with E-state index in [1.807, 2.05) is 0 Å². The molecule has 3 amide bonds. The van der Waals surface area contributed by atoms with Gasteiger partial charge in [-0.2, -0.15) is 0 Å². The van der Waals surface area contributed by atoms with Gasteiger partial charge in [0.05, 0.1) is 18.8 Å². The lowest BCUT2D eigenvalue weighted by molar-refractivity contribution is -0.117. The van der Waals surface area contributed by atoms with E-state index in [0.29, 0.717) is 55.7 Å². The Hall–Kier alpha value is -3.92. The third-order valence-corrected chi connectivity index (χ3v) is 6.12. The monoisotopic (exact) mass is 478 g/mol. The third-order valence-electron chi connectivity index (χ3n) is 6.12. The van der Waals surface area contributed by atoms with Crippen molar-refractivity contribution < 1.29 is 19.1 Å². The normalized spacial score (nSPS) is 18.0. The van der Waals surface area contributed by atoms with Gasteiger partial charge < -0.3 is 30.9 Å². The number of nitrogens with one attached hydrogen (secondary N) is 2. The Balaban J connectivity index is 1.50. The summed E-state index contributed by atoms with van der Waals surface area (Å²) in [5, 5.41) is 6.10. The molecular formula is C25H30N6O4. The van der Waals surface area contributed by atoms with Gasteiger partial charge in [0.1, 0.15) is 11.6 Å². The SMILES string of the molecule is C=CC(=O)N[C@H]1CCCN(c2ccc(C(N)=O)c(Nc3ccc(C(=O)N4CCOCC4)cc3)n2)C1. The number of ether oxygens (including phenoxy) is 1. The molecule has 184 valence electrons. The number of piperidine rings is 1. The lowest BCUT2D eigenvalue weighted by Gasteiger charge is -2.34. The predicted molar refractivity (Wildman–Crippen MR) is 133 cm³/mol. The largest absolute Gasteiger partial charge is 0.378 e. The van der Waals surface area contributed by atoms with E-state index < -0.39 is 5.91 Å². The molecular weight excluding hydrogens is 448 g/mol. The van der Waals surface area contributed by atoms with Gasteiger partial charge in [0.15, 0.2) is 0 Å². The molecule has 4 N–H and O–H groups in total. The summed E-state index contributed by atoms with van der Waals surface area (Å²) in [5.74, 6) is 0.168. The minimum Gasteiger partial charge on any atom is -0.378 e. The summed E-state index contributed by atoms with van der Waals surface area (Å²) in [6.07, 6.45) is 3.03. The van der Waals surface area contributed by atoms with E-state index in [1.165, 1.54) is 6.08 Å². The number of hydrogen-bond donors (Lipinski definition) is 3. The van der Waals surface area contributed by atoms with Gasteiger partial charge in [-0.25, -0.2) is 4.98 Å².